The van der Waals surface area contributed by atoms with Gasteiger partial charge >= 0.3 is 0 Å². The minimum absolute atomic E-state index is 0.236. The number of nitrogens with one attached hydrogen (secondary N) is 3. The third kappa shape index (κ3) is 3.18. The molecule has 0 aromatic carbocycles. The Kier molecular flexibility index (Phi) is 3.91. The second-order valence-electron chi connectivity index (χ2n) is 3.83. The van der Waals surface area contributed by atoms with Gasteiger partial charge in [0.1, 0.15) is 11.6 Å². The normalized spacial score (nSPS) is 10.2. The van der Waals surface area contributed by atoms with Gasteiger partial charge in [-0.05, 0) is 19.1 Å². The molecule has 0 aliphatic carbocycles. The largest absolute Gasteiger partial charge is 0.384 e. The van der Waals surface area contributed by atoms with Crippen molar-refractivity contribution in [3.63, 3.8) is 0 Å². The highest BCUT2D eigenvalue weighted by Gasteiger charge is 2.07. The molecule has 8 nitrogen and oxygen atoms in total. The molecule has 8 heteroatoms. The van der Waals surface area contributed by atoms with Crippen molar-refractivity contribution in [1.82, 2.24) is 25.7 Å². The number of nitrogen functional groups attached to an aromatic ring is 1. The summed E-state index contributed by atoms with van der Waals surface area (Å²) in [6.45, 7) is 2.88. The maximum atomic E-state index is 11.5. The van der Waals surface area contributed by atoms with Crippen LogP contribution in [0.2, 0.25) is 0 Å². The van der Waals surface area contributed by atoms with Gasteiger partial charge in [-0.3, -0.25) is 9.89 Å². The third-order valence-electron chi connectivity index (χ3n) is 2.45. The first kappa shape index (κ1) is 12.8. The van der Waals surface area contributed by atoms with E-state index in [0.29, 0.717) is 24.7 Å². The first-order valence-corrected chi connectivity index (χ1v) is 5.84. The Morgan fingerprint density at radius 2 is 2.26 bits per heavy atom. The smallest absolute Gasteiger partial charge is 0.271 e. The molecule has 0 atom stereocenters. The van der Waals surface area contributed by atoms with E-state index in [2.05, 4.69) is 31.0 Å². The number of carbonyl (C=O) groups is 1. The van der Waals surface area contributed by atoms with Crippen molar-refractivity contribution in [3.05, 3.63) is 29.6 Å². The monoisotopic (exact) mass is 261 g/mol. The van der Waals surface area contributed by atoms with E-state index in [9.17, 15) is 4.79 Å². The van der Waals surface area contributed by atoms with Gasteiger partial charge in [-0.2, -0.15) is 5.10 Å². The molecule has 100 valence electrons. The minimum atomic E-state index is -0.236. The average Bonchev–Trinajstić information content (AvgIpc) is 2.83. The molecule has 0 bridgehead atoms. The lowest BCUT2D eigenvalue weighted by Gasteiger charge is -2.05. The van der Waals surface area contributed by atoms with Crippen LogP contribution < -0.4 is 16.4 Å². The summed E-state index contributed by atoms with van der Waals surface area (Å²) in [7, 11) is 0. The van der Waals surface area contributed by atoms with Gasteiger partial charge in [0.05, 0.1) is 6.20 Å². The lowest BCUT2D eigenvalue weighted by atomic mass is 10.3. The Balaban J connectivity index is 1.95. The molecule has 2 aromatic heterocycles. The first-order chi connectivity index (χ1) is 9.20. The van der Waals surface area contributed by atoms with Crippen molar-refractivity contribution in [2.45, 2.75) is 13.5 Å². The number of H-pyrrole nitrogens is 1. The summed E-state index contributed by atoms with van der Waals surface area (Å²) in [4.78, 5) is 11.5. The molecule has 0 radical (unpaired) electrons. The highest BCUT2D eigenvalue weighted by molar-refractivity contribution is 5.92. The number of hydrogen-bond acceptors (Lipinski definition) is 6. The summed E-state index contributed by atoms with van der Waals surface area (Å²) in [6.07, 6.45) is 1.64. The van der Waals surface area contributed by atoms with Crippen LogP contribution in [0.4, 0.5) is 11.6 Å². The molecule has 0 saturated carbocycles. The maximum absolute atomic E-state index is 11.5. The van der Waals surface area contributed by atoms with Crippen LogP contribution in [0.1, 0.15) is 23.0 Å². The second kappa shape index (κ2) is 5.80. The maximum Gasteiger partial charge on any atom is 0.271 e. The zero-order valence-corrected chi connectivity index (χ0v) is 10.5. The molecule has 0 aliphatic heterocycles. The van der Waals surface area contributed by atoms with Crippen molar-refractivity contribution < 1.29 is 4.79 Å². The summed E-state index contributed by atoms with van der Waals surface area (Å²) >= 11 is 0. The van der Waals surface area contributed by atoms with Crippen LogP contribution in [0.3, 0.4) is 0 Å². The number of nitrogens with zero attached hydrogens (tertiary/aromatic N) is 3. The zero-order chi connectivity index (χ0) is 13.7. The number of aromatic amines is 1. The topological polar surface area (TPSA) is 122 Å². The lowest BCUT2D eigenvalue weighted by molar-refractivity contribution is 0.0950. The summed E-state index contributed by atoms with van der Waals surface area (Å²) in [5.41, 5.74) is 6.78. The Morgan fingerprint density at radius 1 is 1.42 bits per heavy atom. The molecule has 0 aliphatic rings. The number of amides is 1. The quantitative estimate of drug-likeness (QED) is 0.607. The fourth-order valence-corrected chi connectivity index (χ4v) is 1.45. The van der Waals surface area contributed by atoms with E-state index >= 15 is 0 Å². The lowest BCUT2D eigenvalue weighted by Crippen LogP contribution is -2.24. The van der Waals surface area contributed by atoms with Gasteiger partial charge in [0.2, 0.25) is 0 Å². The molecular weight excluding hydrogens is 246 g/mol. The van der Waals surface area contributed by atoms with Crippen molar-refractivity contribution in [3.8, 4) is 0 Å². The third-order valence-corrected chi connectivity index (χ3v) is 2.45. The fraction of sp³-hybridized carbons (Fsp3) is 0.273. The van der Waals surface area contributed by atoms with Crippen molar-refractivity contribution in [1.29, 1.82) is 0 Å². The summed E-state index contributed by atoms with van der Waals surface area (Å²) in [6, 6.07) is 3.30. The van der Waals surface area contributed by atoms with Crippen LogP contribution in [0.15, 0.2) is 18.3 Å². The van der Waals surface area contributed by atoms with E-state index in [1.165, 1.54) is 0 Å². The minimum Gasteiger partial charge on any atom is -0.384 e. The average molecular weight is 261 g/mol. The second-order valence-corrected chi connectivity index (χ2v) is 3.83. The zero-order valence-electron chi connectivity index (χ0n) is 10.5. The number of nitrogens with two attached hydrogens (primary N) is 1. The molecule has 19 heavy (non-hydrogen) atoms. The van der Waals surface area contributed by atoms with Gasteiger partial charge in [-0.1, -0.05) is 0 Å². The number of carbonyl (C=O) groups excluding carboxylic acids is 1. The molecule has 0 saturated heterocycles. The van der Waals surface area contributed by atoms with E-state index in [1.807, 2.05) is 6.92 Å². The van der Waals surface area contributed by atoms with Gasteiger partial charge in [-0.15, -0.1) is 10.2 Å². The Morgan fingerprint density at radius 3 is 2.84 bits per heavy atom. The van der Waals surface area contributed by atoms with E-state index < -0.39 is 0 Å². The van der Waals surface area contributed by atoms with Crippen molar-refractivity contribution >= 4 is 17.5 Å². The molecule has 2 rings (SSSR count). The van der Waals surface area contributed by atoms with Gasteiger partial charge in [0.15, 0.2) is 5.69 Å². The van der Waals surface area contributed by atoms with Gasteiger partial charge < -0.3 is 16.4 Å². The number of rotatable bonds is 5. The Bertz CT molecular complexity index is 548. The SMILES string of the molecule is CCNC(=O)c1ccc(NCc2cn[nH]c2N)nn1. The van der Waals surface area contributed by atoms with Gasteiger partial charge in [0.25, 0.3) is 5.91 Å². The fourth-order valence-electron chi connectivity index (χ4n) is 1.45. The molecule has 0 fully saturated rings. The summed E-state index contributed by atoms with van der Waals surface area (Å²) in [5.74, 6) is 0.841. The van der Waals surface area contributed by atoms with Gasteiger partial charge in [0, 0.05) is 18.7 Å². The van der Waals surface area contributed by atoms with Crippen LogP contribution in [0.5, 0.6) is 0 Å². The van der Waals surface area contributed by atoms with E-state index in [4.69, 9.17) is 5.73 Å². The van der Waals surface area contributed by atoms with Crippen LogP contribution in [0.25, 0.3) is 0 Å². The van der Waals surface area contributed by atoms with E-state index in [1.54, 1.807) is 18.3 Å². The van der Waals surface area contributed by atoms with Crippen LogP contribution >= 0.6 is 0 Å². The Hall–Kier alpha value is -2.64. The van der Waals surface area contributed by atoms with Gasteiger partial charge in [-0.25, -0.2) is 0 Å². The first-order valence-electron chi connectivity index (χ1n) is 5.84. The summed E-state index contributed by atoms with van der Waals surface area (Å²) in [5, 5.41) is 19.9. The molecule has 2 aromatic rings. The Labute approximate surface area is 109 Å². The van der Waals surface area contributed by atoms with Crippen molar-refractivity contribution in [2.75, 3.05) is 17.6 Å². The molecule has 0 unspecified atom stereocenters. The predicted octanol–water partition coefficient (Wildman–Crippen LogP) is 0.144. The molecule has 5 N–H and O–H groups in total. The van der Waals surface area contributed by atoms with Crippen LogP contribution in [-0.2, 0) is 6.54 Å². The van der Waals surface area contributed by atoms with E-state index in [-0.39, 0.29) is 11.6 Å². The van der Waals surface area contributed by atoms with Crippen LogP contribution in [0, 0.1) is 0 Å². The van der Waals surface area contributed by atoms with E-state index in [0.717, 1.165) is 5.56 Å². The molecule has 1 amide bonds. The molecular formula is C11H15N7O. The highest BCUT2D eigenvalue weighted by Crippen LogP contribution is 2.09. The number of aromatic nitrogens is 4. The summed E-state index contributed by atoms with van der Waals surface area (Å²) < 4.78 is 0. The van der Waals surface area contributed by atoms with Crippen molar-refractivity contribution in [2.24, 2.45) is 0 Å². The molecule has 0 spiro atoms. The standard InChI is InChI=1S/C11H15N7O/c1-2-13-11(19)8-3-4-9(17-16-8)14-5-7-6-15-18-10(7)12/h3-4,6H,2,5H2,1H3,(H,13,19)(H,14,17)(H3,12,15,18). The predicted molar refractivity (Wildman–Crippen MR) is 70.4 cm³/mol. The number of hydrogen-bond donors (Lipinski definition) is 4. The molecule has 2 heterocycles. The van der Waals surface area contributed by atoms with Crippen LogP contribution in [-0.4, -0.2) is 32.8 Å². The highest BCUT2D eigenvalue weighted by atomic mass is 16.1. The number of anilines is 2.